The van der Waals surface area contributed by atoms with Crippen LogP contribution in [-0.4, -0.2) is 64.4 Å². The summed E-state index contributed by atoms with van der Waals surface area (Å²) in [5, 5.41) is 0.465. The van der Waals surface area contributed by atoms with Crippen molar-refractivity contribution in [1.29, 1.82) is 0 Å². The van der Waals surface area contributed by atoms with Gasteiger partial charge in [0.1, 0.15) is 0 Å². The Balaban J connectivity index is 0. The molecule has 1 aromatic rings. The van der Waals surface area contributed by atoms with Gasteiger partial charge < -0.3 is 0 Å². The molecule has 0 fully saturated rings. The van der Waals surface area contributed by atoms with Gasteiger partial charge in [-0.15, -0.1) is 0 Å². The first kappa shape index (κ1) is 19.3. The van der Waals surface area contributed by atoms with Crippen LogP contribution in [0.2, 0.25) is 0 Å². The summed E-state index contributed by atoms with van der Waals surface area (Å²) in [7, 11) is -3.90. The molecule has 0 atom stereocenters. The molecule has 0 bridgehead atoms. The molecular weight excluding hydrogens is 263 g/mol. The Morgan fingerprint density at radius 3 is 1.47 bits per heavy atom. The Morgan fingerprint density at radius 1 is 1.00 bits per heavy atom. The van der Waals surface area contributed by atoms with Crippen molar-refractivity contribution in [1.82, 2.24) is 0 Å². The normalized spacial score (nSPS) is 9.00. The topological polar surface area (TPSA) is 54.4 Å². The molecule has 1 N–H and O–H groups in total. The van der Waals surface area contributed by atoms with Crippen molar-refractivity contribution in [2.24, 2.45) is 0 Å². The van der Waals surface area contributed by atoms with Crippen molar-refractivity contribution in [3.63, 3.8) is 0 Å². The fraction of sp³-hybridized carbons (Fsp3) is 0. The number of hydrogen-bond donors (Lipinski definition) is 1. The Bertz CT molecular complexity index is 440. The minimum atomic E-state index is -3.90. The van der Waals surface area contributed by atoms with Crippen LogP contribution in [0.5, 0.6) is 0 Å². The van der Waals surface area contributed by atoms with Gasteiger partial charge in [-0.3, -0.25) is 4.55 Å². The van der Waals surface area contributed by atoms with E-state index in [9.17, 15) is 8.42 Å². The van der Waals surface area contributed by atoms with Gasteiger partial charge in [0.15, 0.2) is 0 Å². The van der Waals surface area contributed by atoms with E-state index in [1.165, 1.54) is 0 Å². The van der Waals surface area contributed by atoms with Crippen molar-refractivity contribution in [3.05, 3.63) is 60.5 Å². The zero-order valence-corrected chi connectivity index (χ0v) is 9.65. The van der Waals surface area contributed by atoms with E-state index >= 15 is 0 Å². The van der Waals surface area contributed by atoms with Gasteiger partial charge in [0.25, 0.3) is 10.1 Å². The third kappa shape index (κ3) is 9.67. The van der Waals surface area contributed by atoms with Crippen LogP contribution < -0.4 is 0 Å². The maximum atomic E-state index is 9.44. The van der Waals surface area contributed by atoms with Gasteiger partial charge >= 0.3 is 51.4 Å². The van der Waals surface area contributed by atoms with E-state index in [0.29, 0.717) is 5.41 Å². The molecule has 3 nitrogen and oxygen atoms in total. The SMILES string of the molecule is C=CS(=O)(=O)O.C=Cc1ccccc1C=C.[KH]. The molecule has 0 aliphatic rings. The molecule has 0 radical (unpaired) electrons. The van der Waals surface area contributed by atoms with Gasteiger partial charge in [-0.2, -0.15) is 8.42 Å². The second-order valence-corrected chi connectivity index (χ2v) is 4.08. The molecular formula is C12H15KO3S. The second-order valence-electron chi connectivity index (χ2n) is 2.72. The average molecular weight is 278 g/mol. The second kappa shape index (κ2) is 9.96. The summed E-state index contributed by atoms with van der Waals surface area (Å²) < 4.78 is 26.6. The van der Waals surface area contributed by atoms with Gasteiger partial charge in [-0.25, -0.2) is 0 Å². The van der Waals surface area contributed by atoms with E-state index in [1.54, 1.807) is 0 Å². The Hall–Kier alpha value is -0.0136. The summed E-state index contributed by atoms with van der Waals surface area (Å²) >= 11 is 0. The fourth-order valence-electron chi connectivity index (χ4n) is 0.883. The average Bonchev–Trinajstić information content (AvgIpc) is 2.28. The molecule has 0 saturated carbocycles. The standard InChI is InChI=1S/C10H10.C2H4O3S.K.H/c1-3-9-7-5-6-8-10(9)4-2;1-2-6(3,4)5;;/h3-8H,1-2H2;2H,1H2,(H,3,4,5);;. The predicted molar refractivity (Wildman–Crippen MR) is 75.5 cm³/mol. The molecule has 0 aromatic heterocycles. The number of hydrogen-bond acceptors (Lipinski definition) is 2. The van der Waals surface area contributed by atoms with Crippen LogP contribution in [0.1, 0.15) is 11.1 Å². The van der Waals surface area contributed by atoms with Crippen LogP contribution in [0.25, 0.3) is 12.2 Å². The molecule has 0 amide bonds. The summed E-state index contributed by atoms with van der Waals surface area (Å²) in [4.78, 5) is 0. The van der Waals surface area contributed by atoms with Crippen molar-refractivity contribution >= 4 is 73.7 Å². The van der Waals surface area contributed by atoms with E-state index in [-0.39, 0.29) is 51.4 Å². The first-order chi connectivity index (χ1) is 7.44. The molecule has 0 heterocycles. The van der Waals surface area contributed by atoms with E-state index in [0.717, 1.165) is 11.1 Å². The van der Waals surface area contributed by atoms with Gasteiger partial charge in [-0.1, -0.05) is 56.2 Å². The molecule has 0 aliphatic carbocycles. The predicted octanol–water partition coefficient (Wildman–Crippen LogP) is 2.34. The third-order valence-corrected chi connectivity index (χ3v) is 2.07. The molecule has 17 heavy (non-hydrogen) atoms. The van der Waals surface area contributed by atoms with Gasteiger partial charge in [0.2, 0.25) is 0 Å². The molecule has 1 aromatic carbocycles. The van der Waals surface area contributed by atoms with Crippen LogP contribution >= 0.6 is 0 Å². The van der Waals surface area contributed by atoms with E-state index < -0.39 is 10.1 Å². The summed E-state index contributed by atoms with van der Waals surface area (Å²) in [6.07, 6.45) is 3.66. The van der Waals surface area contributed by atoms with Crippen LogP contribution in [0, 0.1) is 0 Å². The summed E-state index contributed by atoms with van der Waals surface area (Å²) in [6, 6.07) is 8.02. The van der Waals surface area contributed by atoms with Crippen LogP contribution in [-0.2, 0) is 10.1 Å². The van der Waals surface area contributed by atoms with Gasteiger partial charge in [0, 0.05) is 0 Å². The van der Waals surface area contributed by atoms with E-state index in [2.05, 4.69) is 19.7 Å². The van der Waals surface area contributed by atoms with Gasteiger partial charge in [0.05, 0.1) is 5.41 Å². The van der Waals surface area contributed by atoms with Crippen LogP contribution in [0.15, 0.2) is 49.4 Å². The van der Waals surface area contributed by atoms with E-state index in [4.69, 9.17) is 4.55 Å². The quantitative estimate of drug-likeness (QED) is 0.682. The third-order valence-electron chi connectivity index (χ3n) is 1.65. The molecule has 0 aliphatic heterocycles. The number of benzene rings is 1. The van der Waals surface area contributed by atoms with Gasteiger partial charge in [-0.05, 0) is 11.1 Å². The zero-order valence-electron chi connectivity index (χ0n) is 8.83. The Morgan fingerprint density at radius 2 is 1.29 bits per heavy atom. The molecule has 1 rings (SSSR count). The summed E-state index contributed by atoms with van der Waals surface area (Å²) in [6.45, 7) is 10.2. The number of rotatable bonds is 3. The van der Waals surface area contributed by atoms with E-state index in [1.807, 2.05) is 36.4 Å². The Kier molecular flexibility index (Phi) is 11.3. The molecule has 88 valence electrons. The molecule has 0 unspecified atom stereocenters. The fourth-order valence-corrected chi connectivity index (χ4v) is 0.883. The van der Waals surface area contributed by atoms with Crippen molar-refractivity contribution in [2.45, 2.75) is 0 Å². The first-order valence-corrected chi connectivity index (χ1v) is 5.88. The Labute approximate surface area is 145 Å². The maximum absolute atomic E-state index is 9.44. The minimum absolute atomic E-state index is 0. The molecule has 0 spiro atoms. The monoisotopic (exact) mass is 278 g/mol. The van der Waals surface area contributed by atoms with Crippen LogP contribution in [0.4, 0.5) is 0 Å². The van der Waals surface area contributed by atoms with Crippen molar-refractivity contribution in [2.75, 3.05) is 0 Å². The van der Waals surface area contributed by atoms with Crippen molar-refractivity contribution < 1.29 is 13.0 Å². The summed E-state index contributed by atoms with van der Waals surface area (Å²) in [5.74, 6) is 0. The zero-order chi connectivity index (χ0) is 12.6. The van der Waals surface area contributed by atoms with Crippen LogP contribution in [0.3, 0.4) is 0 Å². The molecule has 0 saturated heterocycles. The summed E-state index contributed by atoms with van der Waals surface area (Å²) in [5.41, 5.74) is 2.27. The molecule has 5 heteroatoms. The first-order valence-electron chi connectivity index (χ1n) is 4.38. The van der Waals surface area contributed by atoms with Crippen molar-refractivity contribution in [3.8, 4) is 0 Å².